The monoisotopic (exact) mass is 304 g/mol. The summed E-state index contributed by atoms with van der Waals surface area (Å²) in [6.07, 6.45) is 0.138. The van der Waals surface area contributed by atoms with E-state index in [2.05, 4.69) is 4.98 Å². The van der Waals surface area contributed by atoms with E-state index in [1.165, 1.54) is 7.11 Å². The predicted octanol–water partition coefficient (Wildman–Crippen LogP) is 3.32. The third-order valence-electron chi connectivity index (χ3n) is 3.26. The van der Waals surface area contributed by atoms with E-state index in [1.54, 1.807) is 12.1 Å². The van der Waals surface area contributed by atoms with Crippen molar-refractivity contribution in [1.29, 1.82) is 0 Å². The van der Waals surface area contributed by atoms with Crippen molar-refractivity contribution in [3.05, 3.63) is 46.2 Å². The zero-order valence-electron chi connectivity index (χ0n) is 12.2. The average Bonchev–Trinajstić information content (AvgIpc) is 2.39. The highest BCUT2D eigenvalue weighted by atomic mass is 35.5. The van der Waals surface area contributed by atoms with Gasteiger partial charge in [-0.25, -0.2) is 0 Å². The predicted molar refractivity (Wildman–Crippen MR) is 84.3 cm³/mol. The third kappa shape index (κ3) is 3.34. The van der Waals surface area contributed by atoms with E-state index in [0.717, 1.165) is 28.1 Å². The van der Waals surface area contributed by atoms with E-state index in [9.17, 15) is 4.79 Å². The number of nitrogens with zero attached hydrogens (tertiary/aromatic N) is 1. The molecule has 2 N–H and O–H groups in total. The van der Waals surface area contributed by atoms with Gasteiger partial charge in [-0.15, -0.1) is 0 Å². The number of nitrogens with two attached hydrogens (primary N) is 1. The number of nitrogen functional groups attached to an aromatic ring is 1. The summed E-state index contributed by atoms with van der Waals surface area (Å²) in [5.41, 5.74) is 10.9. The van der Waals surface area contributed by atoms with Crippen LogP contribution in [-0.2, 0) is 16.0 Å². The Bertz CT molecular complexity index is 676. The van der Waals surface area contributed by atoms with E-state index in [1.807, 2.05) is 26.0 Å². The Morgan fingerprint density at radius 1 is 1.33 bits per heavy atom. The molecule has 0 aliphatic rings. The second-order valence-electron chi connectivity index (χ2n) is 4.87. The molecular formula is C16H17ClN2O2. The molecule has 0 amide bonds. The normalized spacial score (nSPS) is 10.5. The summed E-state index contributed by atoms with van der Waals surface area (Å²) in [4.78, 5) is 16.0. The number of anilines is 1. The first kappa shape index (κ1) is 15.3. The molecule has 0 saturated heterocycles. The van der Waals surface area contributed by atoms with Gasteiger partial charge in [-0.2, -0.15) is 0 Å². The number of hydrogen-bond donors (Lipinski definition) is 1. The van der Waals surface area contributed by atoms with Gasteiger partial charge in [0.2, 0.25) is 0 Å². The fraction of sp³-hybridized carbons (Fsp3) is 0.250. The van der Waals surface area contributed by atoms with Gasteiger partial charge in [-0.1, -0.05) is 17.7 Å². The molecule has 21 heavy (non-hydrogen) atoms. The molecule has 0 atom stereocenters. The number of hydrogen-bond acceptors (Lipinski definition) is 4. The molecule has 5 heteroatoms. The first-order valence-corrected chi connectivity index (χ1v) is 6.89. The highest BCUT2D eigenvalue weighted by Gasteiger charge is 2.15. The van der Waals surface area contributed by atoms with E-state index in [4.69, 9.17) is 22.1 Å². The Balaban J connectivity index is 2.61. The number of carbonyl (C=O) groups excluding carboxylic acids is 1. The average molecular weight is 305 g/mol. The lowest BCUT2D eigenvalue weighted by atomic mass is 9.95. The van der Waals surface area contributed by atoms with Gasteiger partial charge in [0.05, 0.1) is 13.5 Å². The van der Waals surface area contributed by atoms with Crippen molar-refractivity contribution in [1.82, 2.24) is 4.98 Å². The SMILES string of the molecule is COC(=O)Cc1cc(Cl)ccc1-c1c(N)cc(C)nc1C. The molecule has 0 aliphatic heterocycles. The maximum Gasteiger partial charge on any atom is 0.310 e. The van der Waals surface area contributed by atoms with Crippen molar-refractivity contribution in [2.24, 2.45) is 0 Å². The number of carbonyl (C=O) groups is 1. The van der Waals surface area contributed by atoms with Crippen molar-refractivity contribution in [3.63, 3.8) is 0 Å². The molecule has 2 aromatic rings. The van der Waals surface area contributed by atoms with Crippen molar-refractivity contribution in [2.75, 3.05) is 12.8 Å². The van der Waals surface area contributed by atoms with Crippen LogP contribution < -0.4 is 5.73 Å². The fourth-order valence-electron chi connectivity index (χ4n) is 2.39. The maximum absolute atomic E-state index is 11.6. The van der Waals surface area contributed by atoms with Crippen molar-refractivity contribution in [3.8, 4) is 11.1 Å². The minimum atomic E-state index is -0.324. The number of pyridine rings is 1. The Hall–Kier alpha value is -2.07. The molecule has 0 unspecified atom stereocenters. The Labute approximate surface area is 128 Å². The van der Waals surface area contributed by atoms with E-state index in [-0.39, 0.29) is 12.4 Å². The molecule has 0 fully saturated rings. The van der Waals surface area contributed by atoms with Crippen LogP contribution in [0.4, 0.5) is 5.69 Å². The second kappa shape index (κ2) is 6.14. The highest BCUT2D eigenvalue weighted by Crippen LogP contribution is 2.33. The lowest BCUT2D eigenvalue weighted by Crippen LogP contribution is -2.07. The molecule has 0 bridgehead atoms. The number of halogens is 1. The molecular weight excluding hydrogens is 288 g/mol. The number of aromatic nitrogens is 1. The van der Waals surface area contributed by atoms with Gasteiger partial charge in [0.25, 0.3) is 0 Å². The number of ether oxygens (including phenoxy) is 1. The minimum Gasteiger partial charge on any atom is -0.469 e. The van der Waals surface area contributed by atoms with Gasteiger partial charge in [-0.3, -0.25) is 9.78 Å². The van der Waals surface area contributed by atoms with Gasteiger partial charge < -0.3 is 10.5 Å². The number of aryl methyl sites for hydroxylation is 2. The molecule has 1 aromatic carbocycles. The van der Waals surface area contributed by atoms with Crippen LogP contribution >= 0.6 is 11.6 Å². The van der Waals surface area contributed by atoms with Crippen LogP contribution in [0, 0.1) is 13.8 Å². The fourth-order valence-corrected chi connectivity index (χ4v) is 2.58. The summed E-state index contributed by atoms with van der Waals surface area (Å²) >= 11 is 6.04. The zero-order valence-corrected chi connectivity index (χ0v) is 13.0. The molecule has 4 nitrogen and oxygen atoms in total. The van der Waals surface area contributed by atoms with Crippen LogP contribution in [-0.4, -0.2) is 18.1 Å². The smallest absolute Gasteiger partial charge is 0.310 e. The van der Waals surface area contributed by atoms with Crippen LogP contribution in [0.1, 0.15) is 17.0 Å². The Kier molecular flexibility index (Phi) is 4.48. The molecule has 0 radical (unpaired) electrons. The lowest BCUT2D eigenvalue weighted by Gasteiger charge is -2.14. The first-order valence-electron chi connectivity index (χ1n) is 6.51. The van der Waals surface area contributed by atoms with Gasteiger partial charge >= 0.3 is 5.97 Å². The molecule has 2 rings (SSSR count). The molecule has 1 aromatic heterocycles. The maximum atomic E-state index is 11.6. The summed E-state index contributed by atoms with van der Waals surface area (Å²) in [6.45, 7) is 3.79. The molecule has 0 saturated carbocycles. The third-order valence-corrected chi connectivity index (χ3v) is 3.49. The van der Waals surface area contributed by atoms with E-state index < -0.39 is 0 Å². The van der Waals surface area contributed by atoms with E-state index >= 15 is 0 Å². The van der Waals surface area contributed by atoms with Gasteiger partial charge in [0, 0.05) is 27.7 Å². The largest absolute Gasteiger partial charge is 0.469 e. The Morgan fingerprint density at radius 3 is 2.67 bits per heavy atom. The summed E-state index contributed by atoms with van der Waals surface area (Å²) in [7, 11) is 1.36. The number of esters is 1. The highest BCUT2D eigenvalue weighted by molar-refractivity contribution is 6.30. The quantitative estimate of drug-likeness (QED) is 0.883. The molecule has 110 valence electrons. The number of rotatable bonds is 3. The molecule has 0 spiro atoms. The van der Waals surface area contributed by atoms with E-state index in [0.29, 0.717) is 10.7 Å². The van der Waals surface area contributed by atoms with Crippen molar-refractivity contribution in [2.45, 2.75) is 20.3 Å². The van der Waals surface area contributed by atoms with Gasteiger partial charge in [-0.05, 0) is 43.2 Å². The number of benzene rings is 1. The summed E-state index contributed by atoms with van der Waals surface area (Å²) in [5, 5.41) is 0.564. The van der Waals surface area contributed by atoms with Crippen LogP contribution in [0.3, 0.4) is 0 Å². The van der Waals surface area contributed by atoms with Crippen LogP contribution in [0.25, 0.3) is 11.1 Å². The van der Waals surface area contributed by atoms with Crippen LogP contribution in [0.15, 0.2) is 24.3 Å². The van der Waals surface area contributed by atoms with Crippen molar-refractivity contribution < 1.29 is 9.53 Å². The summed E-state index contributed by atoms with van der Waals surface area (Å²) in [5.74, 6) is -0.324. The van der Waals surface area contributed by atoms with Crippen LogP contribution in [0.2, 0.25) is 5.02 Å². The molecule has 1 heterocycles. The second-order valence-corrected chi connectivity index (χ2v) is 5.30. The van der Waals surface area contributed by atoms with Gasteiger partial charge in [0.15, 0.2) is 0 Å². The van der Waals surface area contributed by atoms with Crippen molar-refractivity contribution >= 4 is 23.3 Å². The number of methoxy groups -OCH3 is 1. The Morgan fingerprint density at radius 2 is 2.05 bits per heavy atom. The van der Waals surface area contributed by atoms with Gasteiger partial charge in [0.1, 0.15) is 0 Å². The summed E-state index contributed by atoms with van der Waals surface area (Å²) < 4.78 is 4.74. The summed E-state index contributed by atoms with van der Waals surface area (Å²) in [6, 6.07) is 7.21. The van der Waals surface area contributed by atoms with Crippen LogP contribution in [0.5, 0.6) is 0 Å². The zero-order chi connectivity index (χ0) is 15.6. The molecule has 0 aliphatic carbocycles. The lowest BCUT2D eigenvalue weighted by molar-refractivity contribution is -0.139. The topological polar surface area (TPSA) is 65.2 Å². The minimum absolute atomic E-state index is 0.138. The standard InChI is InChI=1S/C16H17ClN2O2/c1-9-6-14(18)16(10(2)19-9)13-5-4-12(17)7-11(13)8-15(20)21-3/h4-7H,8H2,1-3H3,(H2,18,19). The first-order chi connectivity index (χ1) is 9.92.